The Bertz CT molecular complexity index is 562. The Morgan fingerprint density at radius 2 is 2.05 bits per heavy atom. The monoisotopic (exact) mass is 276 g/mol. The quantitative estimate of drug-likeness (QED) is 0.929. The van der Waals surface area contributed by atoms with Crippen LogP contribution in [-0.2, 0) is 0 Å². The summed E-state index contributed by atoms with van der Waals surface area (Å²) in [6.07, 6.45) is 1.81. The third kappa shape index (κ3) is 3.04. The maximum absolute atomic E-state index is 4.48. The molecule has 2 heterocycles. The minimum Gasteiger partial charge on any atom is -0.375 e. The Labute approximate surface area is 118 Å². The predicted octanol–water partition coefficient (Wildman–Crippen LogP) is 3.39. The first kappa shape index (κ1) is 13.8. The van der Waals surface area contributed by atoms with Gasteiger partial charge >= 0.3 is 0 Å². The molecule has 0 saturated carbocycles. The second-order valence-corrected chi connectivity index (χ2v) is 6.05. The van der Waals surface area contributed by atoms with Crippen molar-refractivity contribution >= 4 is 22.8 Å². The first-order valence-electron chi connectivity index (χ1n) is 6.32. The summed E-state index contributed by atoms with van der Waals surface area (Å²) >= 11 is 1.75. The summed E-state index contributed by atoms with van der Waals surface area (Å²) in [5, 5.41) is 4.64. The van der Waals surface area contributed by atoms with Crippen molar-refractivity contribution in [2.75, 3.05) is 24.3 Å². The van der Waals surface area contributed by atoms with E-state index >= 15 is 0 Å². The number of hydrogen-bond acceptors (Lipinski definition) is 5. The summed E-state index contributed by atoms with van der Waals surface area (Å²) < 4.78 is 0. The Morgan fingerprint density at radius 3 is 2.63 bits per heavy atom. The van der Waals surface area contributed by atoms with Crippen LogP contribution in [0, 0.1) is 13.8 Å². The molecule has 0 spiro atoms. The number of hydrogen-bond donors (Lipinski definition) is 1. The van der Waals surface area contributed by atoms with Crippen molar-refractivity contribution in [1.82, 2.24) is 9.97 Å². The molecule has 1 atom stereocenters. The maximum Gasteiger partial charge on any atom is 0.151 e. The van der Waals surface area contributed by atoms with Crippen molar-refractivity contribution in [2.24, 2.45) is 0 Å². The van der Waals surface area contributed by atoms with Crippen molar-refractivity contribution < 1.29 is 0 Å². The fourth-order valence-electron chi connectivity index (χ4n) is 2.11. The van der Waals surface area contributed by atoms with Gasteiger partial charge in [-0.1, -0.05) is 0 Å². The van der Waals surface area contributed by atoms with Gasteiger partial charge < -0.3 is 10.2 Å². The molecule has 2 rings (SSSR count). The highest BCUT2D eigenvalue weighted by Gasteiger charge is 2.15. The second kappa shape index (κ2) is 5.57. The van der Waals surface area contributed by atoms with Crippen LogP contribution in [0.5, 0.6) is 0 Å². The van der Waals surface area contributed by atoms with Gasteiger partial charge in [0, 0.05) is 25.2 Å². The van der Waals surface area contributed by atoms with Crippen LogP contribution in [0.25, 0.3) is 0 Å². The Balaban J connectivity index is 2.24. The van der Waals surface area contributed by atoms with Gasteiger partial charge in [-0.05, 0) is 32.9 Å². The lowest BCUT2D eigenvalue weighted by atomic mass is 10.2. The van der Waals surface area contributed by atoms with Crippen LogP contribution in [0.4, 0.5) is 11.5 Å². The lowest BCUT2D eigenvalue weighted by Crippen LogP contribution is -2.15. The maximum atomic E-state index is 4.48. The van der Waals surface area contributed by atoms with Gasteiger partial charge in [-0.15, -0.1) is 11.3 Å². The standard InChI is InChI=1S/C14H20N4S/c1-9-13(19-11(3)16-9)10(2)17-12-7-6-8-15-14(12)18(4)5/h6-8,10,17H,1-5H3. The van der Waals surface area contributed by atoms with E-state index in [0.717, 1.165) is 22.2 Å². The highest BCUT2D eigenvalue weighted by molar-refractivity contribution is 7.11. The molecule has 0 aliphatic rings. The summed E-state index contributed by atoms with van der Waals surface area (Å²) in [6.45, 7) is 6.27. The van der Waals surface area contributed by atoms with Gasteiger partial charge in [0.15, 0.2) is 5.82 Å². The van der Waals surface area contributed by atoms with Gasteiger partial charge in [-0.3, -0.25) is 0 Å². The van der Waals surface area contributed by atoms with Crippen molar-refractivity contribution in [3.63, 3.8) is 0 Å². The summed E-state index contributed by atoms with van der Waals surface area (Å²) in [5.41, 5.74) is 2.16. The number of nitrogens with one attached hydrogen (secondary N) is 1. The second-order valence-electron chi connectivity index (χ2n) is 4.82. The molecule has 2 aromatic rings. The highest BCUT2D eigenvalue weighted by Crippen LogP contribution is 2.30. The number of aryl methyl sites for hydroxylation is 2. The van der Waals surface area contributed by atoms with Crippen molar-refractivity contribution in [1.29, 1.82) is 0 Å². The molecule has 5 heteroatoms. The lowest BCUT2D eigenvalue weighted by Gasteiger charge is -2.20. The topological polar surface area (TPSA) is 41.1 Å². The van der Waals surface area contributed by atoms with Crippen molar-refractivity contribution in [2.45, 2.75) is 26.8 Å². The van der Waals surface area contributed by atoms with Gasteiger partial charge in [-0.2, -0.15) is 0 Å². The fraction of sp³-hybridized carbons (Fsp3) is 0.429. The normalized spacial score (nSPS) is 12.3. The largest absolute Gasteiger partial charge is 0.375 e. The van der Waals surface area contributed by atoms with Crippen molar-refractivity contribution in [3.05, 3.63) is 33.9 Å². The molecular weight excluding hydrogens is 256 g/mol. The molecule has 4 nitrogen and oxygen atoms in total. The van der Waals surface area contributed by atoms with E-state index < -0.39 is 0 Å². The molecule has 102 valence electrons. The van der Waals surface area contributed by atoms with Crippen molar-refractivity contribution in [3.8, 4) is 0 Å². The van der Waals surface area contributed by atoms with Gasteiger partial charge in [0.05, 0.1) is 22.4 Å². The summed E-state index contributed by atoms with van der Waals surface area (Å²) in [6, 6.07) is 4.24. The van der Waals surface area contributed by atoms with E-state index in [1.165, 1.54) is 4.88 Å². The average molecular weight is 276 g/mol. The van der Waals surface area contributed by atoms with Gasteiger partial charge in [-0.25, -0.2) is 9.97 Å². The fourth-order valence-corrected chi connectivity index (χ4v) is 3.04. The number of rotatable bonds is 4. The molecule has 1 N–H and O–H groups in total. The molecule has 0 aliphatic carbocycles. The molecule has 0 bridgehead atoms. The van der Waals surface area contributed by atoms with E-state index in [1.54, 1.807) is 11.3 Å². The van der Waals surface area contributed by atoms with Crippen LogP contribution in [0.1, 0.15) is 28.5 Å². The molecule has 19 heavy (non-hydrogen) atoms. The van der Waals surface area contributed by atoms with Gasteiger partial charge in [0.1, 0.15) is 0 Å². The number of aromatic nitrogens is 2. The zero-order valence-corrected chi connectivity index (χ0v) is 12.9. The number of anilines is 2. The van der Waals surface area contributed by atoms with Gasteiger partial charge in [0.25, 0.3) is 0 Å². The average Bonchev–Trinajstić information content (AvgIpc) is 2.69. The number of nitrogens with zero attached hydrogens (tertiary/aromatic N) is 3. The summed E-state index contributed by atoms with van der Waals surface area (Å²) in [4.78, 5) is 12.2. The smallest absolute Gasteiger partial charge is 0.151 e. The molecule has 0 amide bonds. The molecule has 0 aromatic carbocycles. The Kier molecular flexibility index (Phi) is 4.04. The van der Waals surface area contributed by atoms with Crippen LogP contribution in [-0.4, -0.2) is 24.1 Å². The molecule has 0 fully saturated rings. The Hall–Kier alpha value is -1.62. The molecular formula is C14H20N4S. The lowest BCUT2D eigenvalue weighted by molar-refractivity contribution is 0.884. The predicted molar refractivity (Wildman–Crippen MR) is 82.2 cm³/mol. The zero-order valence-electron chi connectivity index (χ0n) is 12.1. The van der Waals surface area contributed by atoms with E-state index in [-0.39, 0.29) is 6.04 Å². The summed E-state index contributed by atoms with van der Waals surface area (Å²) in [5.74, 6) is 0.952. The number of pyridine rings is 1. The van der Waals surface area contributed by atoms with Crippen LogP contribution >= 0.6 is 11.3 Å². The van der Waals surface area contributed by atoms with Crippen LogP contribution in [0.15, 0.2) is 18.3 Å². The minimum absolute atomic E-state index is 0.231. The van der Waals surface area contributed by atoms with Crippen LogP contribution in [0.2, 0.25) is 0 Å². The van der Waals surface area contributed by atoms with Crippen LogP contribution in [0.3, 0.4) is 0 Å². The van der Waals surface area contributed by atoms with E-state index in [4.69, 9.17) is 0 Å². The zero-order chi connectivity index (χ0) is 14.0. The Morgan fingerprint density at radius 1 is 1.32 bits per heavy atom. The molecule has 0 saturated heterocycles. The van der Waals surface area contributed by atoms with E-state index in [9.17, 15) is 0 Å². The molecule has 0 radical (unpaired) electrons. The first-order valence-corrected chi connectivity index (χ1v) is 7.13. The SMILES string of the molecule is Cc1nc(C)c(C(C)Nc2cccnc2N(C)C)s1. The minimum atomic E-state index is 0.231. The number of thiazole rings is 1. The van der Waals surface area contributed by atoms with Crippen LogP contribution < -0.4 is 10.2 Å². The van der Waals surface area contributed by atoms with E-state index in [1.807, 2.05) is 38.2 Å². The molecule has 2 aromatic heterocycles. The highest BCUT2D eigenvalue weighted by atomic mass is 32.1. The van der Waals surface area contributed by atoms with E-state index in [0.29, 0.717) is 0 Å². The van der Waals surface area contributed by atoms with E-state index in [2.05, 4.69) is 35.2 Å². The molecule has 0 aliphatic heterocycles. The summed E-state index contributed by atoms with van der Waals surface area (Å²) in [7, 11) is 4.00. The first-order chi connectivity index (χ1) is 8.99. The molecule has 1 unspecified atom stereocenters. The third-order valence-corrected chi connectivity index (χ3v) is 4.17. The van der Waals surface area contributed by atoms with Gasteiger partial charge in [0.2, 0.25) is 0 Å². The third-order valence-electron chi connectivity index (χ3n) is 2.91.